The van der Waals surface area contributed by atoms with Gasteiger partial charge in [-0.05, 0) is 13.8 Å². The van der Waals surface area contributed by atoms with Crippen molar-refractivity contribution in [3.8, 4) is 0 Å². The van der Waals surface area contributed by atoms with Gasteiger partial charge in [-0.15, -0.1) is 12.4 Å². The molecule has 0 saturated carbocycles. The summed E-state index contributed by atoms with van der Waals surface area (Å²) < 4.78 is 9.63. The second-order valence-electron chi connectivity index (χ2n) is 2.49. The number of esters is 1. The van der Waals surface area contributed by atoms with Gasteiger partial charge in [0.25, 0.3) is 0 Å². The zero-order valence-corrected chi connectivity index (χ0v) is 8.39. The van der Waals surface area contributed by atoms with E-state index in [1.807, 2.05) is 0 Å². The van der Waals surface area contributed by atoms with Crippen molar-refractivity contribution in [2.24, 2.45) is 5.73 Å². The predicted octanol–water partition coefficient (Wildman–Crippen LogP) is 0.334. The lowest BCUT2D eigenvalue weighted by molar-refractivity contribution is -0.151. The summed E-state index contributed by atoms with van der Waals surface area (Å²) in [7, 11) is 1.55. The first-order chi connectivity index (χ1) is 5.07. The predicted molar refractivity (Wildman–Crippen MR) is 48.3 cm³/mol. The van der Waals surface area contributed by atoms with Gasteiger partial charge in [0.05, 0.1) is 6.61 Å². The van der Waals surface area contributed by atoms with E-state index < -0.39 is 12.0 Å². The number of halogens is 1. The first-order valence-electron chi connectivity index (χ1n) is 3.53. The summed E-state index contributed by atoms with van der Waals surface area (Å²) in [6, 6.07) is -0.561. The first-order valence-corrected chi connectivity index (χ1v) is 3.53. The number of carbonyl (C=O) groups excluding carboxylic acids is 1. The Kier molecular flexibility index (Phi) is 8.69. The molecule has 2 atom stereocenters. The Morgan fingerprint density at radius 2 is 2.00 bits per heavy atom. The second kappa shape index (κ2) is 7.34. The molecule has 0 aromatic rings. The van der Waals surface area contributed by atoms with Crippen molar-refractivity contribution in [2.45, 2.75) is 26.0 Å². The van der Waals surface area contributed by atoms with E-state index >= 15 is 0 Å². The minimum Gasteiger partial charge on any atom is -0.459 e. The molecule has 0 rings (SSSR count). The molecule has 5 heteroatoms. The summed E-state index contributed by atoms with van der Waals surface area (Å²) >= 11 is 0. The molecular weight excluding hydrogens is 182 g/mol. The van der Waals surface area contributed by atoms with Gasteiger partial charge in [-0.1, -0.05) is 0 Å². The molecule has 0 aliphatic carbocycles. The third-order valence-corrected chi connectivity index (χ3v) is 1.09. The molecule has 0 aliphatic heterocycles. The van der Waals surface area contributed by atoms with E-state index in [-0.39, 0.29) is 18.5 Å². The van der Waals surface area contributed by atoms with Crippen molar-refractivity contribution in [3.05, 3.63) is 0 Å². The fourth-order valence-electron chi connectivity index (χ4n) is 0.574. The van der Waals surface area contributed by atoms with Crippen molar-refractivity contribution in [2.75, 3.05) is 13.7 Å². The summed E-state index contributed by atoms with van der Waals surface area (Å²) in [6.07, 6.45) is -0.224. The molecule has 0 aromatic heterocycles. The van der Waals surface area contributed by atoms with Crippen molar-refractivity contribution in [1.29, 1.82) is 0 Å². The Hall–Kier alpha value is -0.320. The Labute approximate surface area is 78.8 Å². The fourth-order valence-corrected chi connectivity index (χ4v) is 0.574. The van der Waals surface area contributed by atoms with E-state index in [1.165, 1.54) is 0 Å². The zero-order valence-electron chi connectivity index (χ0n) is 7.57. The molecule has 4 nitrogen and oxygen atoms in total. The lowest BCUT2D eigenvalue weighted by Crippen LogP contribution is -2.32. The SMILES string of the molecule is COCC(C)OC(=O)C(C)N.Cl. The minimum absolute atomic E-state index is 0. The van der Waals surface area contributed by atoms with Crippen LogP contribution >= 0.6 is 12.4 Å². The van der Waals surface area contributed by atoms with Crippen molar-refractivity contribution in [1.82, 2.24) is 0 Å². The van der Waals surface area contributed by atoms with E-state index in [4.69, 9.17) is 15.2 Å². The molecule has 0 heterocycles. The van der Waals surface area contributed by atoms with Gasteiger partial charge in [0.1, 0.15) is 12.1 Å². The third kappa shape index (κ3) is 6.39. The Morgan fingerprint density at radius 1 is 1.50 bits per heavy atom. The summed E-state index contributed by atoms with van der Waals surface area (Å²) in [5.74, 6) is -0.394. The van der Waals surface area contributed by atoms with E-state index in [9.17, 15) is 4.79 Å². The quantitative estimate of drug-likeness (QED) is 0.660. The van der Waals surface area contributed by atoms with Crippen LogP contribution in [0.1, 0.15) is 13.8 Å². The van der Waals surface area contributed by atoms with E-state index in [1.54, 1.807) is 21.0 Å². The Morgan fingerprint density at radius 3 is 2.33 bits per heavy atom. The van der Waals surface area contributed by atoms with Crippen LogP contribution in [0.4, 0.5) is 0 Å². The van der Waals surface area contributed by atoms with E-state index in [0.717, 1.165) is 0 Å². The molecular formula is C7H16ClNO3. The standard InChI is InChI=1S/C7H15NO3.ClH/c1-5(4-10-3)11-7(9)6(2)8;/h5-6H,4,8H2,1-3H3;1H. The van der Waals surface area contributed by atoms with Crippen LogP contribution in [0.25, 0.3) is 0 Å². The number of methoxy groups -OCH3 is 1. The van der Waals surface area contributed by atoms with Gasteiger partial charge in [-0.3, -0.25) is 4.79 Å². The van der Waals surface area contributed by atoms with Crippen molar-refractivity contribution in [3.63, 3.8) is 0 Å². The first kappa shape index (κ1) is 14.2. The normalized spacial score (nSPS) is 14.3. The number of carbonyl (C=O) groups is 1. The largest absolute Gasteiger partial charge is 0.459 e. The van der Waals surface area contributed by atoms with Crippen LogP contribution in [0.2, 0.25) is 0 Å². The smallest absolute Gasteiger partial charge is 0.322 e. The van der Waals surface area contributed by atoms with E-state index in [2.05, 4.69) is 0 Å². The van der Waals surface area contributed by atoms with Gasteiger partial charge < -0.3 is 15.2 Å². The highest BCUT2D eigenvalue weighted by molar-refractivity contribution is 5.85. The molecule has 0 spiro atoms. The van der Waals surface area contributed by atoms with Crippen molar-refractivity contribution < 1.29 is 14.3 Å². The average molecular weight is 198 g/mol. The summed E-state index contributed by atoms with van der Waals surface area (Å²) in [4.78, 5) is 10.8. The maximum Gasteiger partial charge on any atom is 0.322 e. The maximum absolute atomic E-state index is 10.8. The molecule has 0 radical (unpaired) electrons. The van der Waals surface area contributed by atoms with Crippen LogP contribution in [0.15, 0.2) is 0 Å². The van der Waals surface area contributed by atoms with Crippen LogP contribution in [-0.2, 0) is 14.3 Å². The van der Waals surface area contributed by atoms with Crippen molar-refractivity contribution >= 4 is 18.4 Å². The highest BCUT2D eigenvalue weighted by Gasteiger charge is 2.12. The monoisotopic (exact) mass is 197 g/mol. The Bertz CT molecular complexity index is 130. The molecule has 0 aliphatic rings. The van der Waals surface area contributed by atoms with Crippen LogP contribution in [-0.4, -0.2) is 31.8 Å². The number of nitrogens with two attached hydrogens (primary N) is 1. The summed E-state index contributed by atoms with van der Waals surface area (Å²) in [5, 5.41) is 0. The molecule has 12 heavy (non-hydrogen) atoms. The van der Waals surface area contributed by atoms with Gasteiger partial charge in [0.2, 0.25) is 0 Å². The highest BCUT2D eigenvalue weighted by Crippen LogP contribution is 1.93. The van der Waals surface area contributed by atoms with Gasteiger partial charge in [-0.2, -0.15) is 0 Å². The fraction of sp³-hybridized carbons (Fsp3) is 0.857. The second-order valence-corrected chi connectivity index (χ2v) is 2.49. The molecule has 2 N–H and O–H groups in total. The number of hydrogen-bond acceptors (Lipinski definition) is 4. The summed E-state index contributed by atoms with van der Waals surface area (Å²) in [5.41, 5.74) is 5.27. The molecule has 0 saturated heterocycles. The third-order valence-electron chi connectivity index (χ3n) is 1.09. The van der Waals surface area contributed by atoms with Crippen LogP contribution in [0.5, 0.6) is 0 Å². The van der Waals surface area contributed by atoms with Gasteiger partial charge in [-0.25, -0.2) is 0 Å². The highest BCUT2D eigenvalue weighted by atomic mass is 35.5. The van der Waals surface area contributed by atoms with Crippen LogP contribution < -0.4 is 5.73 Å². The average Bonchev–Trinajstić information content (AvgIpc) is 1.87. The van der Waals surface area contributed by atoms with Gasteiger partial charge in [0, 0.05) is 7.11 Å². The van der Waals surface area contributed by atoms with Gasteiger partial charge in [0.15, 0.2) is 0 Å². The van der Waals surface area contributed by atoms with Gasteiger partial charge >= 0.3 is 5.97 Å². The Balaban J connectivity index is 0. The number of rotatable bonds is 4. The van der Waals surface area contributed by atoms with Crippen LogP contribution in [0, 0.1) is 0 Å². The van der Waals surface area contributed by atoms with Crippen LogP contribution in [0.3, 0.4) is 0 Å². The maximum atomic E-state index is 10.8. The molecule has 2 unspecified atom stereocenters. The van der Waals surface area contributed by atoms with E-state index in [0.29, 0.717) is 6.61 Å². The lowest BCUT2D eigenvalue weighted by Gasteiger charge is -2.13. The molecule has 0 bridgehead atoms. The molecule has 0 amide bonds. The summed E-state index contributed by atoms with van der Waals surface area (Å²) in [6.45, 7) is 3.74. The number of hydrogen-bond donors (Lipinski definition) is 1. The molecule has 74 valence electrons. The minimum atomic E-state index is -0.561. The molecule has 0 aromatic carbocycles. The molecule has 0 fully saturated rings. The topological polar surface area (TPSA) is 61.5 Å². The number of ether oxygens (including phenoxy) is 2. The lowest BCUT2D eigenvalue weighted by atomic mass is 10.3. The zero-order chi connectivity index (χ0) is 8.85.